The second-order valence-corrected chi connectivity index (χ2v) is 8.79. The Bertz CT molecular complexity index is 1030. The topological polar surface area (TPSA) is 41.5 Å². The number of rotatable bonds is 4. The summed E-state index contributed by atoms with van der Waals surface area (Å²) >= 11 is 1.90. The summed E-state index contributed by atoms with van der Waals surface area (Å²) in [5.74, 6) is 3.00. The smallest absolute Gasteiger partial charge is 0.134 e. The standard InChI is InChI=1S/C24H26N4OS/c1-17-14-22(26-15-25-17)27-12-10-19(11-13-27)28-16-30-24-21(29-2)9-8-20(23(24)28)18-6-4-3-5-7-18/h3-9,14-15,19H,10-13,16H2,1-2H3. The van der Waals surface area contributed by atoms with E-state index in [1.54, 1.807) is 13.4 Å². The van der Waals surface area contributed by atoms with Gasteiger partial charge in [-0.3, -0.25) is 0 Å². The van der Waals surface area contributed by atoms with E-state index in [-0.39, 0.29) is 0 Å². The second kappa shape index (κ2) is 8.19. The highest BCUT2D eigenvalue weighted by atomic mass is 32.2. The Morgan fingerprint density at radius 3 is 2.57 bits per heavy atom. The molecule has 0 saturated carbocycles. The molecule has 0 amide bonds. The summed E-state index contributed by atoms with van der Waals surface area (Å²) in [5, 5.41) is 0. The van der Waals surface area contributed by atoms with Crippen molar-refractivity contribution in [2.45, 2.75) is 30.7 Å². The normalized spacial score (nSPS) is 16.6. The van der Waals surface area contributed by atoms with Crippen LogP contribution < -0.4 is 14.5 Å². The third-order valence-electron chi connectivity index (χ3n) is 6.05. The Hall–Kier alpha value is -2.73. The van der Waals surface area contributed by atoms with E-state index in [9.17, 15) is 0 Å². The molecule has 5 rings (SSSR count). The van der Waals surface area contributed by atoms with Crippen LogP contribution in [-0.2, 0) is 0 Å². The summed E-state index contributed by atoms with van der Waals surface area (Å²) in [6.45, 7) is 4.05. The van der Waals surface area contributed by atoms with Gasteiger partial charge in [-0.05, 0) is 37.5 Å². The number of hydrogen-bond acceptors (Lipinski definition) is 6. The van der Waals surface area contributed by atoms with Crippen molar-refractivity contribution < 1.29 is 4.74 Å². The van der Waals surface area contributed by atoms with Gasteiger partial charge in [0, 0.05) is 36.5 Å². The fourth-order valence-electron chi connectivity index (χ4n) is 4.50. The van der Waals surface area contributed by atoms with Crippen LogP contribution in [0.2, 0.25) is 0 Å². The zero-order chi connectivity index (χ0) is 20.5. The van der Waals surface area contributed by atoms with Crippen LogP contribution in [0.15, 0.2) is 59.8 Å². The average molecular weight is 419 g/mol. The van der Waals surface area contributed by atoms with Crippen LogP contribution in [-0.4, -0.2) is 42.1 Å². The molecule has 0 spiro atoms. The van der Waals surface area contributed by atoms with Gasteiger partial charge in [-0.1, -0.05) is 42.1 Å². The fourth-order valence-corrected chi connectivity index (χ4v) is 5.76. The van der Waals surface area contributed by atoms with Crippen molar-refractivity contribution in [3.63, 3.8) is 0 Å². The molecule has 5 nitrogen and oxygen atoms in total. The van der Waals surface area contributed by atoms with Gasteiger partial charge in [0.05, 0.1) is 23.6 Å². The third-order valence-corrected chi connectivity index (χ3v) is 7.14. The molecule has 1 fully saturated rings. The largest absolute Gasteiger partial charge is 0.496 e. The van der Waals surface area contributed by atoms with Crippen molar-refractivity contribution in [3.05, 3.63) is 60.6 Å². The number of methoxy groups -OCH3 is 1. The third kappa shape index (κ3) is 3.49. The lowest BCUT2D eigenvalue weighted by molar-refractivity contribution is 0.405. The van der Waals surface area contributed by atoms with Crippen LogP contribution in [0, 0.1) is 6.92 Å². The molecule has 2 aliphatic heterocycles. The molecule has 2 aromatic carbocycles. The highest BCUT2D eigenvalue weighted by Gasteiger charge is 2.33. The maximum absolute atomic E-state index is 5.70. The molecule has 0 N–H and O–H groups in total. The summed E-state index contributed by atoms with van der Waals surface area (Å²) in [5.41, 5.74) is 4.91. The van der Waals surface area contributed by atoms with Gasteiger partial charge in [-0.15, -0.1) is 0 Å². The van der Waals surface area contributed by atoms with Gasteiger partial charge >= 0.3 is 0 Å². The molecule has 2 aliphatic rings. The van der Waals surface area contributed by atoms with Crippen LogP contribution in [0.5, 0.6) is 5.75 Å². The van der Waals surface area contributed by atoms with Gasteiger partial charge in [-0.25, -0.2) is 9.97 Å². The summed E-state index contributed by atoms with van der Waals surface area (Å²) < 4.78 is 5.70. The van der Waals surface area contributed by atoms with Gasteiger partial charge in [-0.2, -0.15) is 0 Å². The molecule has 3 heterocycles. The van der Waals surface area contributed by atoms with Crippen LogP contribution >= 0.6 is 11.8 Å². The van der Waals surface area contributed by atoms with Crippen LogP contribution in [0.1, 0.15) is 18.5 Å². The number of thioether (sulfide) groups is 1. The number of ether oxygens (including phenoxy) is 1. The lowest BCUT2D eigenvalue weighted by Crippen LogP contribution is -2.44. The molecule has 1 aromatic heterocycles. The van der Waals surface area contributed by atoms with Crippen molar-refractivity contribution in [1.29, 1.82) is 0 Å². The molecule has 3 aromatic rings. The van der Waals surface area contributed by atoms with E-state index < -0.39 is 0 Å². The first-order valence-electron chi connectivity index (χ1n) is 10.4. The van der Waals surface area contributed by atoms with Gasteiger partial charge in [0.1, 0.15) is 17.9 Å². The van der Waals surface area contributed by atoms with Crippen molar-refractivity contribution in [1.82, 2.24) is 9.97 Å². The van der Waals surface area contributed by atoms with Crippen LogP contribution in [0.3, 0.4) is 0 Å². The molecular weight excluding hydrogens is 392 g/mol. The van der Waals surface area contributed by atoms with E-state index in [1.165, 1.54) is 21.7 Å². The van der Waals surface area contributed by atoms with E-state index in [2.05, 4.69) is 68.3 Å². The summed E-state index contributed by atoms with van der Waals surface area (Å²) in [4.78, 5) is 15.0. The first-order chi connectivity index (χ1) is 14.7. The molecule has 154 valence electrons. The van der Waals surface area contributed by atoms with E-state index in [1.807, 2.05) is 18.7 Å². The molecule has 0 bridgehead atoms. The second-order valence-electron chi connectivity index (χ2n) is 7.84. The van der Waals surface area contributed by atoms with Crippen LogP contribution in [0.25, 0.3) is 11.1 Å². The Kier molecular flexibility index (Phi) is 5.25. The quantitative estimate of drug-likeness (QED) is 0.594. The SMILES string of the molecule is COc1ccc(-c2ccccc2)c2c1SCN2C1CCN(c2cc(C)ncn2)CC1. The number of aromatic nitrogens is 2. The van der Waals surface area contributed by atoms with E-state index in [0.717, 1.165) is 49.1 Å². The minimum atomic E-state index is 0.521. The zero-order valence-corrected chi connectivity index (χ0v) is 18.2. The average Bonchev–Trinajstić information content (AvgIpc) is 3.24. The number of fused-ring (bicyclic) bond motifs is 1. The minimum absolute atomic E-state index is 0.521. The number of piperidine rings is 1. The van der Waals surface area contributed by atoms with Crippen molar-refractivity contribution in [2.24, 2.45) is 0 Å². The molecule has 0 aliphatic carbocycles. The number of anilines is 2. The minimum Gasteiger partial charge on any atom is -0.496 e. The Balaban J connectivity index is 1.42. The van der Waals surface area contributed by atoms with Crippen LogP contribution in [0.4, 0.5) is 11.5 Å². The maximum atomic E-state index is 5.70. The highest BCUT2D eigenvalue weighted by Crippen LogP contribution is 2.51. The van der Waals surface area contributed by atoms with Gasteiger partial charge in [0.25, 0.3) is 0 Å². The molecule has 0 unspecified atom stereocenters. The lowest BCUT2D eigenvalue weighted by Gasteiger charge is -2.38. The predicted molar refractivity (Wildman–Crippen MR) is 124 cm³/mol. The Morgan fingerprint density at radius 1 is 1.03 bits per heavy atom. The molecule has 30 heavy (non-hydrogen) atoms. The first kappa shape index (κ1) is 19.2. The van der Waals surface area contributed by atoms with E-state index in [4.69, 9.17) is 4.74 Å². The van der Waals surface area contributed by atoms with E-state index >= 15 is 0 Å². The Morgan fingerprint density at radius 2 is 1.83 bits per heavy atom. The van der Waals surface area contributed by atoms with E-state index in [0.29, 0.717) is 6.04 Å². The van der Waals surface area contributed by atoms with Gasteiger partial charge in [0.15, 0.2) is 0 Å². The molecule has 1 saturated heterocycles. The predicted octanol–water partition coefficient (Wildman–Crippen LogP) is 5.00. The summed E-state index contributed by atoms with van der Waals surface area (Å²) in [7, 11) is 1.77. The zero-order valence-electron chi connectivity index (χ0n) is 17.4. The number of benzene rings is 2. The Labute approximate surface area is 182 Å². The maximum Gasteiger partial charge on any atom is 0.134 e. The molecule has 0 atom stereocenters. The summed E-state index contributed by atoms with van der Waals surface area (Å²) in [6, 6.07) is 17.6. The molecule has 0 radical (unpaired) electrons. The number of aryl methyl sites for hydroxylation is 1. The van der Waals surface area contributed by atoms with Crippen molar-refractivity contribution in [3.8, 4) is 16.9 Å². The monoisotopic (exact) mass is 418 g/mol. The van der Waals surface area contributed by atoms with Gasteiger partial charge in [0.2, 0.25) is 0 Å². The van der Waals surface area contributed by atoms with Crippen molar-refractivity contribution >= 4 is 23.3 Å². The number of nitrogens with zero attached hydrogens (tertiary/aromatic N) is 4. The lowest BCUT2D eigenvalue weighted by atomic mass is 9.98. The first-order valence-corrected chi connectivity index (χ1v) is 11.4. The highest BCUT2D eigenvalue weighted by molar-refractivity contribution is 8.00. The summed E-state index contributed by atoms with van der Waals surface area (Å²) in [6.07, 6.45) is 3.91. The molecular formula is C24H26N4OS. The molecule has 6 heteroatoms. The van der Waals surface area contributed by atoms with Gasteiger partial charge < -0.3 is 14.5 Å². The van der Waals surface area contributed by atoms with Crippen molar-refractivity contribution in [2.75, 3.05) is 35.9 Å². The number of hydrogen-bond donors (Lipinski definition) is 0. The fraction of sp³-hybridized carbons (Fsp3) is 0.333.